The second kappa shape index (κ2) is 4.86. The van der Waals surface area contributed by atoms with E-state index >= 15 is 0 Å². The van der Waals surface area contributed by atoms with Gasteiger partial charge in [-0.2, -0.15) is 0 Å². The molecule has 0 N–H and O–H groups in total. The minimum atomic E-state index is -1.86. The third kappa shape index (κ3) is 3.79. The Bertz CT molecular complexity index is 213. The normalized spacial score (nSPS) is 15.3. The lowest BCUT2D eigenvalue weighted by Gasteiger charge is -2.31. The zero-order valence-electron chi connectivity index (χ0n) is 8.39. The third-order valence-electron chi connectivity index (χ3n) is 2.16. The van der Waals surface area contributed by atoms with Crippen LogP contribution in [0.3, 0.4) is 0 Å². The second-order valence-corrected chi connectivity index (χ2v) is 6.34. The maximum atomic E-state index is 10.8. The van der Waals surface area contributed by atoms with Crippen LogP contribution in [-0.2, 0) is 0 Å². The van der Waals surface area contributed by atoms with Crippen LogP contribution >= 0.6 is 34.8 Å². The molecule has 0 bridgehead atoms. The van der Waals surface area contributed by atoms with Crippen molar-refractivity contribution >= 4 is 34.8 Å². The Balaban J connectivity index is 4.92. The molecule has 0 fully saturated rings. The average Bonchev–Trinajstić information content (AvgIpc) is 1.78. The molecule has 0 aromatic heterocycles. The van der Waals surface area contributed by atoms with Crippen LogP contribution in [0.5, 0.6) is 0 Å². The van der Waals surface area contributed by atoms with E-state index in [-0.39, 0.29) is 0 Å². The summed E-state index contributed by atoms with van der Waals surface area (Å²) in [6, 6.07) is -1.18. The van der Waals surface area contributed by atoms with Gasteiger partial charge in [-0.15, -0.1) is 0 Å². The zero-order valence-corrected chi connectivity index (χ0v) is 10.7. The van der Waals surface area contributed by atoms with Gasteiger partial charge in [0.25, 0.3) is 9.83 Å². The molecule has 0 heterocycles. The molecule has 0 rings (SSSR count). The lowest BCUT2D eigenvalue weighted by atomic mass is 9.81. The molecule has 1 atom stereocenters. The van der Waals surface area contributed by atoms with E-state index in [9.17, 15) is 10.1 Å². The predicted octanol–water partition coefficient (Wildman–Crippen LogP) is 3.83. The molecular weight excluding hydrogens is 248 g/mol. The van der Waals surface area contributed by atoms with Crippen molar-refractivity contribution in [3.05, 3.63) is 10.1 Å². The molecule has 0 aromatic carbocycles. The van der Waals surface area contributed by atoms with Gasteiger partial charge in [-0.3, -0.25) is 10.1 Å². The van der Waals surface area contributed by atoms with Crippen molar-refractivity contribution in [2.45, 2.75) is 43.4 Å². The highest BCUT2D eigenvalue weighted by atomic mass is 35.6. The Morgan fingerprint density at radius 3 is 2.00 bits per heavy atom. The SMILES string of the molecule is CCCC(C)(C)C([N+](=O)[O-])C(Cl)(Cl)Cl. The smallest absolute Gasteiger partial charge is 0.264 e. The maximum Gasteiger partial charge on any atom is 0.264 e. The largest absolute Gasteiger partial charge is 0.264 e. The van der Waals surface area contributed by atoms with E-state index in [4.69, 9.17) is 34.8 Å². The van der Waals surface area contributed by atoms with Crippen LogP contribution < -0.4 is 0 Å². The van der Waals surface area contributed by atoms with E-state index in [1.54, 1.807) is 13.8 Å². The molecule has 0 spiro atoms. The maximum absolute atomic E-state index is 10.8. The first-order valence-corrected chi connectivity index (χ1v) is 5.46. The van der Waals surface area contributed by atoms with Crippen molar-refractivity contribution in [1.29, 1.82) is 0 Å². The van der Waals surface area contributed by atoms with Gasteiger partial charge in [-0.25, -0.2) is 0 Å². The number of rotatable bonds is 4. The monoisotopic (exact) mass is 261 g/mol. The van der Waals surface area contributed by atoms with Crippen LogP contribution in [0.4, 0.5) is 0 Å². The van der Waals surface area contributed by atoms with E-state index < -0.39 is 20.2 Å². The van der Waals surface area contributed by atoms with E-state index in [0.29, 0.717) is 6.42 Å². The summed E-state index contributed by atoms with van der Waals surface area (Å²) < 4.78 is -1.86. The van der Waals surface area contributed by atoms with Gasteiger partial charge in [0.1, 0.15) is 0 Å². The molecule has 0 aliphatic heterocycles. The summed E-state index contributed by atoms with van der Waals surface area (Å²) in [6.07, 6.45) is 1.46. The summed E-state index contributed by atoms with van der Waals surface area (Å²) in [4.78, 5) is 10.3. The van der Waals surface area contributed by atoms with Gasteiger partial charge in [0.15, 0.2) is 0 Å². The van der Waals surface area contributed by atoms with E-state index in [1.165, 1.54) is 0 Å². The molecule has 6 heteroatoms. The van der Waals surface area contributed by atoms with Crippen molar-refractivity contribution in [3.8, 4) is 0 Å². The summed E-state index contributed by atoms with van der Waals surface area (Å²) in [5.41, 5.74) is -0.622. The molecule has 0 aliphatic rings. The van der Waals surface area contributed by atoms with E-state index in [2.05, 4.69) is 0 Å². The summed E-state index contributed by atoms with van der Waals surface area (Å²) in [7, 11) is 0. The molecule has 84 valence electrons. The van der Waals surface area contributed by atoms with Crippen molar-refractivity contribution < 1.29 is 4.92 Å². The van der Waals surface area contributed by atoms with E-state index in [0.717, 1.165) is 6.42 Å². The molecule has 0 aliphatic carbocycles. The molecule has 3 nitrogen and oxygen atoms in total. The Hall–Kier alpha value is 0.270. The zero-order chi connectivity index (χ0) is 11.6. The summed E-state index contributed by atoms with van der Waals surface area (Å²) in [6.45, 7) is 5.43. The van der Waals surface area contributed by atoms with Gasteiger partial charge in [-0.05, 0) is 6.42 Å². The van der Waals surface area contributed by atoms with Crippen molar-refractivity contribution in [1.82, 2.24) is 0 Å². The highest BCUT2D eigenvalue weighted by Crippen LogP contribution is 2.43. The first kappa shape index (κ1) is 14.3. The van der Waals surface area contributed by atoms with Crippen LogP contribution in [-0.4, -0.2) is 14.8 Å². The van der Waals surface area contributed by atoms with Gasteiger partial charge < -0.3 is 0 Å². The summed E-state index contributed by atoms with van der Waals surface area (Å²) >= 11 is 16.8. The van der Waals surface area contributed by atoms with Gasteiger partial charge in [0.2, 0.25) is 0 Å². The Morgan fingerprint density at radius 1 is 1.36 bits per heavy atom. The van der Waals surface area contributed by atoms with Gasteiger partial charge >= 0.3 is 0 Å². The molecular formula is C8H14Cl3NO2. The number of nitro groups is 1. The highest BCUT2D eigenvalue weighted by Gasteiger charge is 2.52. The number of hydrogen-bond acceptors (Lipinski definition) is 2. The highest BCUT2D eigenvalue weighted by molar-refractivity contribution is 6.68. The molecule has 0 radical (unpaired) electrons. The Labute approximate surface area is 98.9 Å². The van der Waals surface area contributed by atoms with Gasteiger partial charge in [0, 0.05) is 10.3 Å². The fourth-order valence-corrected chi connectivity index (χ4v) is 2.75. The predicted molar refractivity (Wildman–Crippen MR) is 59.8 cm³/mol. The van der Waals surface area contributed by atoms with Crippen molar-refractivity contribution in [2.24, 2.45) is 5.41 Å². The molecule has 0 aromatic rings. The van der Waals surface area contributed by atoms with Crippen LogP contribution in [0.25, 0.3) is 0 Å². The number of alkyl halides is 3. The van der Waals surface area contributed by atoms with Crippen molar-refractivity contribution in [3.63, 3.8) is 0 Å². The van der Waals surface area contributed by atoms with Crippen LogP contribution in [0.15, 0.2) is 0 Å². The summed E-state index contributed by atoms with van der Waals surface area (Å²) in [5, 5.41) is 10.8. The second-order valence-electron chi connectivity index (χ2n) is 3.97. The number of nitrogens with zero attached hydrogens (tertiary/aromatic N) is 1. The summed E-state index contributed by atoms with van der Waals surface area (Å²) in [5.74, 6) is 0. The van der Waals surface area contributed by atoms with Crippen LogP contribution in [0, 0.1) is 15.5 Å². The van der Waals surface area contributed by atoms with Crippen LogP contribution in [0.2, 0.25) is 0 Å². The number of hydrogen-bond donors (Lipinski definition) is 0. The molecule has 14 heavy (non-hydrogen) atoms. The Morgan fingerprint density at radius 2 is 1.79 bits per heavy atom. The molecule has 0 saturated heterocycles. The quantitative estimate of drug-likeness (QED) is 0.439. The minimum absolute atomic E-state index is 0.511. The fraction of sp³-hybridized carbons (Fsp3) is 1.00. The first-order valence-electron chi connectivity index (χ1n) is 4.33. The lowest BCUT2D eigenvalue weighted by molar-refractivity contribution is -0.540. The van der Waals surface area contributed by atoms with Gasteiger partial charge in [-0.1, -0.05) is 62.0 Å². The lowest BCUT2D eigenvalue weighted by Crippen LogP contribution is -2.45. The number of halogens is 3. The molecule has 0 saturated carbocycles. The minimum Gasteiger partial charge on any atom is -0.264 e. The molecule has 0 amide bonds. The van der Waals surface area contributed by atoms with Crippen LogP contribution in [0.1, 0.15) is 33.6 Å². The third-order valence-corrected chi connectivity index (χ3v) is 2.78. The first-order chi connectivity index (χ1) is 6.13. The topological polar surface area (TPSA) is 43.1 Å². The Kier molecular flexibility index (Phi) is 4.96. The standard InChI is InChI=1S/C8H14Cl3NO2/c1-4-5-7(2,3)6(12(13)14)8(9,10)11/h6H,4-5H2,1-3H3. The van der Waals surface area contributed by atoms with Crippen molar-refractivity contribution in [2.75, 3.05) is 0 Å². The van der Waals surface area contributed by atoms with E-state index in [1.807, 2.05) is 6.92 Å². The molecule has 1 unspecified atom stereocenters. The fourth-order valence-electron chi connectivity index (χ4n) is 1.63. The van der Waals surface area contributed by atoms with Gasteiger partial charge in [0.05, 0.1) is 0 Å². The average molecular weight is 263 g/mol.